The molecule has 2 rings (SSSR count). The van der Waals surface area contributed by atoms with Crippen molar-refractivity contribution in [3.8, 4) is 0 Å². The number of aryl methyl sites for hydroxylation is 2. The van der Waals surface area contributed by atoms with Crippen LogP contribution in [0.3, 0.4) is 0 Å². The Morgan fingerprint density at radius 1 is 1.29 bits per heavy atom. The Bertz CT molecular complexity index is 408. The van der Waals surface area contributed by atoms with Crippen LogP contribution in [0.15, 0.2) is 23.8 Å². The van der Waals surface area contributed by atoms with Crippen LogP contribution >= 0.6 is 0 Å². The van der Waals surface area contributed by atoms with Crippen LogP contribution in [-0.4, -0.2) is 9.78 Å². The van der Waals surface area contributed by atoms with Gasteiger partial charge in [0, 0.05) is 5.69 Å². The van der Waals surface area contributed by atoms with Crippen LogP contribution in [-0.2, 0) is 0 Å². The molecule has 0 saturated heterocycles. The van der Waals surface area contributed by atoms with Crippen molar-refractivity contribution in [3.05, 3.63) is 35.2 Å². The first-order valence-corrected chi connectivity index (χ1v) is 5.08. The van der Waals surface area contributed by atoms with Crippen molar-refractivity contribution in [3.63, 3.8) is 0 Å². The summed E-state index contributed by atoms with van der Waals surface area (Å²) < 4.78 is 2.03. The smallest absolute Gasteiger partial charge is 0.0608 e. The van der Waals surface area contributed by atoms with Gasteiger partial charge in [0.25, 0.3) is 0 Å². The molecule has 0 fully saturated rings. The zero-order valence-corrected chi connectivity index (χ0v) is 9.04. The van der Waals surface area contributed by atoms with Gasteiger partial charge in [-0.3, -0.25) is 0 Å². The summed E-state index contributed by atoms with van der Waals surface area (Å²) >= 11 is 0. The van der Waals surface area contributed by atoms with E-state index in [1.807, 2.05) is 11.6 Å². The molecule has 1 aromatic rings. The van der Waals surface area contributed by atoms with Gasteiger partial charge < -0.3 is 0 Å². The molecule has 0 bridgehead atoms. The second-order valence-corrected chi connectivity index (χ2v) is 4.00. The summed E-state index contributed by atoms with van der Waals surface area (Å²) in [6.07, 6.45) is 6.80. The minimum absolute atomic E-state index is 1.08. The van der Waals surface area contributed by atoms with Crippen molar-refractivity contribution >= 4 is 5.70 Å². The third-order valence-corrected chi connectivity index (χ3v) is 2.54. The Hall–Kier alpha value is -1.31. The molecule has 0 unspecified atom stereocenters. The van der Waals surface area contributed by atoms with Crippen LogP contribution in [0.2, 0.25) is 0 Å². The Kier molecular flexibility index (Phi) is 2.28. The zero-order chi connectivity index (χ0) is 10.1. The molecule has 2 heteroatoms. The summed E-state index contributed by atoms with van der Waals surface area (Å²) in [7, 11) is 0. The molecule has 74 valence electrons. The Morgan fingerprint density at radius 2 is 2.07 bits per heavy atom. The average Bonchev–Trinajstić information content (AvgIpc) is 2.45. The third-order valence-electron chi connectivity index (χ3n) is 2.54. The molecule has 0 aromatic carbocycles. The van der Waals surface area contributed by atoms with Gasteiger partial charge in [-0.15, -0.1) is 0 Å². The molecule has 1 aliphatic carbocycles. The van der Waals surface area contributed by atoms with Gasteiger partial charge in [-0.05, 0) is 45.8 Å². The van der Waals surface area contributed by atoms with Gasteiger partial charge in [-0.2, -0.15) is 5.10 Å². The van der Waals surface area contributed by atoms with Crippen LogP contribution < -0.4 is 0 Å². The topological polar surface area (TPSA) is 17.8 Å². The average molecular weight is 188 g/mol. The maximum atomic E-state index is 4.47. The molecule has 14 heavy (non-hydrogen) atoms. The lowest BCUT2D eigenvalue weighted by molar-refractivity contribution is 0.836. The summed E-state index contributed by atoms with van der Waals surface area (Å²) in [5, 5.41) is 4.47. The summed E-state index contributed by atoms with van der Waals surface area (Å²) in [5.41, 5.74) is 4.95. The normalized spacial score (nSPS) is 16.5. The Morgan fingerprint density at radius 3 is 2.64 bits per heavy atom. The second-order valence-electron chi connectivity index (χ2n) is 4.00. The van der Waals surface area contributed by atoms with E-state index in [2.05, 4.69) is 37.2 Å². The fourth-order valence-electron chi connectivity index (χ4n) is 1.87. The van der Waals surface area contributed by atoms with Crippen molar-refractivity contribution in [1.29, 1.82) is 0 Å². The molecule has 0 saturated carbocycles. The summed E-state index contributed by atoms with van der Waals surface area (Å²) in [6.45, 7) is 6.31. The minimum atomic E-state index is 1.08. The highest BCUT2D eigenvalue weighted by Crippen LogP contribution is 2.21. The monoisotopic (exact) mass is 188 g/mol. The molecular weight excluding hydrogens is 172 g/mol. The summed E-state index contributed by atoms with van der Waals surface area (Å²) in [5.74, 6) is 0. The number of allylic oxidation sites excluding steroid dienone is 4. The van der Waals surface area contributed by atoms with E-state index in [9.17, 15) is 0 Å². The van der Waals surface area contributed by atoms with Crippen molar-refractivity contribution in [2.75, 3.05) is 0 Å². The maximum absolute atomic E-state index is 4.47. The van der Waals surface area contributed by atoms with Crippen LogP contribution in [0.4, 0.5) is 0 Å². The van der Waals surface area contributed by atoms with Gasteiger partial charge in [-0.1, -0.05) is 11.6 Å². The molecule has 0 N–H and O–H groups in total. The van der Waals surface area contributed by atoms with E-state index in [-0.39, 0.29) is 0 Å². The fraction of sp³-hybridized carbons (Fsp3) is 0.417. The Balaban J connectivity index is 2.40. The maximum Gasteiger partial charge on any atom is 0.0608 e. The molecular formula is C12H16N2. The molecule has 0 radical (unpaired) electrons. The highest BCUT2D eigenvalue weighted by atomic mass is 15.3. The largest absolute Gasteiger partial charge is 0.238 e. The summed E-state index contributed by atoms with van der Waals surface area (Å²) in [4.78, 5) is 0. The van der Waals surface area contributed by atoms with Gasteiger partial charge in [0.2, 0.25) is 0 Å². The van der Waals surface area contributed by atoms with E-state index in [1.165, 1.54) is 23.4 Å². The summed E-state index contributed by atoms with van der Waals surface area (Å²) in [6, 6.07) is 2.11. The molecule has 0 amide bonds. The van der Waals surface area contributed by atoms with Crippen LogP contribution in [0.5, 0.6) is 0 Å². The van der Waals surface area contributed by atoms with Crippen LogP contribution in [0.1, 0.15) is 31.2 Å². The van der Waals surface area contributed by atoms with Gasteiger partial charge in [0.1, 0.15) is 0 Å². The molecule has 0 spiro atoms. The Labute approximate surface area is 84.9 Å². The van der Waals surface area contributed by atoms with E-state index < -0.39 is 0 Å². The highest BCUT2D eigenvalue weighted by molar-refractivity contribution is 5.60. The minimum Gasteiger partial charge on any atom is -0.238 e. The van der Waals surface area contributed by atoms with Crippen molar-refractivity contribution < 1.29 is 0 Å². The lowest BCUT2D eigenvalue weighted by Crippen LogP contribution is -2.02. The number of hydrogen-bond donors (Lipinski definition) is 0. The zero-order valence-electron chi connectivity index (χ0n) is 9.04. The first kappa shape index (κ1) is 9.25. The van der Waals surface area contributed by atoms with E-state index in [0.29, 0.717) is 0 Å². The van der Waals surface area contributed by atoms with Gasteiger partial charge in [0.05, 0.1) is 11.4 Å². The number of rotatable bonds is 1. The molecule has 2 nitrogen and oxygen atoms in total. The van der Waals surface area contributed by atoms with E-state index in [4.69, 9.17) is 0 Å². The SMILES string of the molecule is CC1=CC(n2nc(C)cc2C)=CCC1. The van der Waals surface area contributed by atoms with Gasteiger partial charge >= 0.3 is 0 Å². The third kappa shape index (κ3) is 1.65. The lowest BCUT2D eigenvalue weighted by Gasteiger charge is -2.12. The second kappa shape index (κ2) is 3.45. The van der Waals surface area contributed by atoms with Crippen LogP contribution in [0, 0.1) is 13.8 Å². The predicted octanol–water partition coefficient (Wildman–Crippen LogP) is 3.08. The molecule has 1 aromatic heterocycles. The lowest BCUT2D eigenvalue weighted by atomic mass is 10.0. The van der Waals surface area contributed by atoms with Crippen molar-refractivity contribution in [1.82, 2.24) is 9.78 Å². The number of aromatic nitrogens is 2. The standard InChI is InChI=1S/C12H16N2/c1-9-5-4-6-12(7-9)14-11(3)8-10(2)13-14/h6-8H,4-5H2,1-3H3. The quantitative estimate of drug-likeness (QED) is 0.662. The van der Waals surface area contributed by atoms with Crippen LogP contribution in [0.25, 0.3) is 5.70 Å². The molecule has 0 aliphatic heterocycles. The molecule has 1 aliphatic rings. The van der Waals surface area contributed by atoms with Gasteiger partial charge in [-0.25, -0.2) is 4.68 Å². The predicted molar refractivity (Wildman–Crippen MR) is 59.0 cm³/mol. The first-order valence-electron chi connectivity index (χ1n) is 5.08. The first-order chi connectivity index (χ1) is 6.66. The van der Waals surface area contributed by atoms with Crippen molar-refractivity contribution in [2.45, 2.75) is 33.6 Å². The number of hydrogen-bond acceptors (Lipinski definition) is 1. The molecule has 1 heterocycles. The number of nitrogens with zero attached hydrogens (tertiary/aromatic N) is 2. The van der Waals surface area contributed by atoms with E-state index in [0.717, 1.165) is 12.1 Å². The van der Waals surface area contributed by atoms with Gasteiger partial charge in [0.15, 0.2) is 0 Å². The highest BCUT2D eigenvalue weighted by Gasteiger charge is 2.07. The van der Waals surface area contributed by atoms with Crippen molar-refractivity contribution in [2.24, 2.45) is 0 Å². The fourth-order valence-corrected chi connectivity index (χ4v) is 1.87. The van der Waals surface area contributed by atoms with E-state index >= 15 is 0 Å². The van der Waals surface area contributed by atoms with E-state index in [1.54, 1.807) is 0 Å². The molecule has 0 atom stereocenters.